The van der Waals surface area contributed by atoms with E-state index in [1.807, 2.05) is 6.92 Å². The molecular formula is C16H28O3SSi. The number of aryl methyl sites for hydroxylation is 1. The summed E-state index contributed by atoms with van der Waals surface area (Å²) in [6.07, 6.45) is 3.12. The molecule has 1 aromatic carbocycles. The Kier molecular flexibility index (Phi) is 7.10. The second kappa shape index (κ2) is 8.10. The van der Waals surface area contributed by atoms with Gasteiger partial charge in [-0.1, -0.05) is 62.6 Å². The first-order chi connectivity index (χ1) is 9.77. The highest BCUT2D eigenvalue weighted by Gasteiger charge is 2.19. The van der Waals surface area contributed by atoms with Crippen molar-refractivity contribution >= 4 is 18.2 Å². The van der Waals surface area contributed by atoms with Crippen molar-refractivity contribution in [2.75, 3.05) is 6.61 Å². The monoisotopic (exact) mass is 328 g/mol. The molecule has 0 heterocycles. The van der Waals surface area contributed by atoms with Crippen LogP contribution in [0.3, 0.4) is 0 Å². The average Bonchev–Trinajstić information content (AvgIpc) is 2.38. The normalized spacial score (nSPS) is 12.6. The molecule has 0 aromatic heterocycles. The molecule has 21 heavy (non-hydrogen) atoms. The fraction of sp³-hybridized carbons (Fsp3) is 0.625. The lowest BCUT2D eigenvalue weighted by molar-refractivity contribution is 0.310. The van der Waals surface area contributed by atoms with Crippen LogP contribution in [0.1, 0.15) is 31.7 Å². The van der Waals surface area contributed by atoms with E-state index in [0.29, 0.717) is 0 Å². The van der Waals surface area contributed by atoms with Crippen molar-refractivity contribution in [3.8, 4) is 0 Å². The fourth-order valence-corrected chi connectivity index (χ4v) is 6.20. The van der Waals surface area contributed by atoms with Crippen molar-refractivity contribution in [1.29, 1.82) is 0 Å². The van der Waals surface area contributed by atoms with Gasteiger partial charge >= 0.3 is 0 Å². The third kappa shape index (κ3) is 6.76. The van der Waals surface area contributed by atoms with Crippen LogP contribution in [0.4, 0.5) is 0 Å². The number of rotatable bonds is 9. The van der Waals surface area contributed by atoms with Gasteiger partial charge < -0.3 is 0 Å². The van der Waals surface area contributed by atoms with E-state index in [-0.39, 0.29) is 11.5 Å². The summed E-state index contributed by atoms with van der Waals surface area (Å²) in [4.78, 5) is 0.244. The zero-order chi connectivity index (χ0) is 15.9. The van der Waals surface area contributed by atoms with Crippen molar-refractivity contribution in [3.63, 3.8) is 0 Å². The van der Waals surface area contributed by atoms with Crippen molar-refractivity contribution in [1.82, 2.24) is 0 Å². The predicted molar refractivity (Wildman–Crippen MR) is 90.9 cm³/mol. The van der Waals surface area contributed by atoms with Crippen molar-refractivity contribution in [3.05, 3.63) is 29.8 Å². The van der Waals surface area contributed by atoms with Gasteiger partial charge in [-0.25, -0.2) is 0 Å². The van der Waals surface area contributed by atoms with E-state index in [1.165, 1.54) is 18.5 Å². The van der Waals surface area contributed by atoms with Gasteiger partial charge in [0.25, 0.3) is 10.1 Å². The Bertz CT molecular complexity index is 521. The van der Waals surface area contributed by atoms with E-state index in [1.54, 1.807) is 24.3 Å². The molecule has 0 fully saturated rings. The van der Waals surface area contributed by atoms with Gasteiger partial charge in [0.15, 0.2) is 0 Å². The molecule has 0 aliphatic heterocycles. The van der Waals surface area contributed by atoms with Crippen LogP contribution in [0, 0.1) is 6.92 Å². The molecule has 0 amide bonds. The Morgan fingerprint density at radius 3 is 2.24 bits per heavy atom. The van der Waals surface area contributed by atoms with Gasteiger partial charge in [0.2, 0.25) is 0 Å². The number of hydrogen-bond donors (Lipinski definition) is 0. The molecule has 0 aliphatic carbocycles. The smallest absolute Gasteiger partial charge is 0.266 e. The van der Waals surface area contributed by atoms with E-state index in [4.69, 9.17) is 4.18 Å². The predicted octanol–water partition coefficient (Wildman–Crippen LogP) is 4.60. The average molecular weight is 329 g/mol. The first-order valence-corrected chi connectivity index (χ1v) is 12.6. The molecule has 0 radical (unpaired) electrons. The molecule has 0 aliphatic rings. The first-order valence-electron chi connectivity index (χ1n) is 7.73. The molecule has 1 aromatic rings. The Labute approximate surface area is 130 Å². The lowest BCUT2D eigenvalue weighted by atomic mass is 10.2. The third-order valence-corrected chi connectivity index (χ3v) is 8.61. The number of unbranched alkanes of at least 4 members (excludes halogenated alkanes) is 1. The summed E-state index contributed by atoms with van der Waals surface area (Å²) >= 11 is 0. The summed E-state index contributed by atoms with van der Waals surface area (Å²) < 4.78 is 29.1. The van der Waals surface area contributed by atoms with E-state index in [2.05, 4.69) is 20.0 Å². The molecule has 0 spiro atoms. The molecule has 1 rings (SSSR count). The van der Waals surface area contributed by atoms with Crippen LogP contribution in [-0.4, -0.2) is 23.1 Å². The molecule has 5 heteroatoms. The lowest BCUT2D eigenvalue weighted by Gasteiger charge is -2.21. The van der Waals surface area contributed by atoms with Gasteiger partial charge in [0, 0.05) is 8.07 Å². The standard InChI is InChI=1S/C16H28O3SSi/c1-5-13-21(3,4)14-7-6-12-19-20(17,18)16-10-8-15(2)9-11-16/h8-11H,5-7,12-14H2,1-4H3. The molecule has 0 saturated heterocycles. The van der Waals surface area contributed by atoms with Gasteiger partial charge in [-0.05, 0) is 25.5 Å². The first kappa shape index (κ1) is 18.4. The van der Waals surface area contributed by atoms with Crippen LogP contribution >= 0.6 is 0 Å². The molecule has 0 atom stereocenters. The van der Waals surface area contributed by atoms with Gasteiger partial charge in [-0.2, -0.15) is 8.42 Å². The quantitative estimate of drug-likeness (QED) is 0.378. The topological polar surface area (TPSA) is 43.4 Å². The highest BCUT2D eigenvalue weighted by Crippen LogP contribution is 2.20. The van der Waals surface area contributed by atoms with Crippen LogP contribution in [-0.2, 0) is 14.3 Å². The highest BCUT2D eigenvalue weighted by atomic mass is 32.2. The highest BCUT2D eigenvalue weighted by molar-refractivity contribution is 7.86. The van der Waals surface area contributed by atoms with Gasteiger partial charge in [0.05, 0.1) is 11.5 Å². The van der Waals surface area contributed by atoms with Gasteiger partial charge in [0.1, 0.15) is 0 Å². The third-order valence-electron chi connectivity index (χ3n) is 3.72. The van der Waals surface area contributed by atoms with Crippen LogP contribution in [0.25, 0.3) is 0 Å². The second-order valence-electron chi connectivity index (χ2n) is 6.46. The maximum Gasteiger partial charge on any atom is 0.296 e. The van der Waals surface area contributed by atoms with Gasteiger partial charge in [-0.3, -0.25) is 4.18 Å². The summed E-state index contributed by atoms with van der Waals surface area (Å²) in [5.74, 6) is 0. The molecule has 0 saturated carbocycles. The molecule has 120 valence electrons. The summed E-state index contributed by atoms with van der Waals surface area (Å²) in [6, 6.07) is 9.36. The van der Waals surface area contributed by atoms with Crippen molar-refractivity contribution in [2.24, 2.45) is 0 Å². The summed E-state index contributed by atoms with van der Waals surface area (Å²) in [6.45, 7) is 9.25. The lowest BCUT2D eigenvalue weighted by Crippen LogP contribution is -2.24. The maximum absolute atomic E-state index is 12.0. The zero-order valence-electron chi connectivity index (χ0n) is 13.7. The van der Waals surface area contributed by atoms with E-state index in [0.717, 1.165) is 18.4 Å². The van der Waals surface area contributed by atoms with E-state index < -0.39 is 18.2 Å². The molecule has 0 bridgehead atoms. The summed E-state index contributed by atoms with van der Waals surface area (Å²) in [5, 5.41) is 0. The Morgan fingerprint density at radius 2 is 1.67 bits per heavy atom. The largest absolute Gasteiger partial charge is 0.296 e. The van der Waals surface area contributed by atoms with Crippen LogP contribution in [0.5, 0.6) is 0 Å². The van der Waals surface area contributed by atoms with Gasteiger partial charge in [-0.15, -0.1) is 0 Å². The minimum atomic E-state index is -3.59. The molecule has 0 N–H and O–H groups in total. The Hall–Kier alpha value is -0.653. The van der Waals surface area contributed by atoms with Crippen molar-refractivity contribution < 1.29 is 12.6 Å². The fourth-order valence-electron chi connectivity index (χ4n) is 2.45. The minimum Gasteiger partial charge on any atom is -0.266 e. The second-order valence-corrected chi connectivity index (χ2v) is 13.4. The zero-order valence-corrected chi connectivity index (χ0v) is 15.5. The summed E-state index contributed by atoms with van der Waals surface area (Å²) in [7, 11) is -4.67. The molecule has 3 nitrogen and oxygen atoms in total. The van der Waals surface area contributed by atoms with Crippen molar-refractivity contribution in [2.45, 2.75) is 63.2 Å². The number of hydrogen-bond acceptors (Lipinski definition) is 3. The Balaban J connectivity index is 2.36. The SMILES string of the molecule is CCC[Si](C)(C)CCCCOS(=O)(=O)c1ccc(C)cc1. The number of benzene rings is 1. The maximum atomic E-state index is 12.0. The summed E-state index contributed by atoms with van der Waals surface area (Å²) in [5.41, 5.74) is 1.04. The minimum absolute atomic E-state index is 0.244. The van der Waals surface area contributed by atoms with Crippen LogP contribution in [0.15, 0.2) is 29.2 Å². The van der Waals surface area contributed by atoms with Crippen LogP contribution in [0.2, 0.25) is 25.2 Å². The van der Waals surface area contributed by atoms with E-state index in [9.17, 15) is 8.42 Å². The van der Waals surface area contributed by atoms with Crippen LogP contribution < -0.4 is 0 Å². The molecule has 0 unspecified atom stereocenters. The van der Waals surface area contributed by atoms with E-state index >= 15 is 0 Å². The molecular weight excluding hydrogens is 300 g/mol. The Morgan fingerprint density at radius 1 is 1.05 bits per heavy atom.